The molecule has 3 unspecified atom stereocenters. The average Bonchev–Trinajstić information content (AvgIpc) is 2.46. The molecule has 2 amide bonds. The SMILES string of the molecule is CCC(C)C(NC(=O)CC(N)C(=O)O)C(=O)NC(C(C)(C)N)C(C)(C)N. The molecule has 0 radical (unpaired) electrons. The first-order chi connectivity index (χ1) is 11.6. The van der Waals surface area contributed by atoms with Crippen molar-refractivity contribution in [3.63, 3.8) is 0 Å². The van der Waals surface area contributed by atoms with Crippen molar-refractivity contribution in [2.75, 3.05) is 0 Å². The molecular formula is C17H35N5O4. The minimum atomic E-state index is -1.32. The van der Waals surface area contributed by atoms with Gasteiger partial charge in [-0.2, -0.15) is 0 Å². The van der Waals surface area contributed by atoms with Gasteiger partial charge in [-0.05, 0) is 33.6 Å². The Labute approximate surface area is 155 Å². The van der Waals surface area contributed by atoms with E-state index in [0.29, 0.717) is 6.42 Å². The lowest BCUT2D eigenvalue weighted by Gasteiger charge is -2.41. The van der Waals surface area contributed by atoms with Crippen LogP contribution >= 0.6 is 0 Å². The summed E-state index contributed by atoms with van der Waals surface area (Å²) >= 11 is 0. The molecule has 0 aromatic rings. The number of carbonyl (C=O) groups excluding carboxylic acids is 2. The Morgan fingerprint density at radius 2 is 1.50 bits per heavy atom. The van der Waals surface area contributed by atoms with Crippen molar-refractivity contribution in [2.45, 2.75) is 83.6 Å². The van der Waals surface area contributed by atoms with E-state index in [0.717, 1.165) is 0 Å². The van der Waals surface area contributed by atoms with E-state index in [1.165, 1.54) is 0 Å². The summed E-state index contributed by atoms with van der Waals surface area (Å²) in [6.45, 7) is 10.7. The number of aliphatic carboxylic acids is 1. The first kappa shape index (κ1) is 24.3. The van der Waals surface area contributed by atoms with Crippen LogP contribution in [0.5, 0.6) is 0 Å². The van der Waals surface area contributed by atoms with Gasteiger partial charge in [-0.3, -0.25) is 14.4 Å². The van der Waals surface area contributed by atoms with Gasteiger partial charge in [0.2, 0.25) is 11.8 Å². The molecule has 0 aliphatic rings. The normalized spacial score (nSPS) is 15.9. The van der Waals surface area contributed by atoms with Crippen molar-refractivity contribution in [3.8, 4) is 0 Å². The summed E-state index contributed by atoms with van der Waals surface area (Å²) in [5.41, 5.74) is 16.1. The monoisotopic (exact) mass is 373 g/mol. The van der Waals surface area contributed by atoms with E-state index in [1.54, 1.807) is 27.7 Å². The second-order valence-electron chi connectivity index (χ2n) is 8.16. The predicted octanol–water partition coefficient (Wildman–Crippen LogP) is -0.721. The van der Waals surface area contributed by atoms with Gasteiger partial charge < -0.3 is 32.9 Å². The molecule has 0 saturated carbocycles. The zero-order valence-electron chi connectivity index (χ0n) is 16.6. The number of hydrogen-bond donors (Lipinski definition) is 6. The molecule has 0 aliphatic carbocycles. The van der Waals surface area contributed by atoms with Gasteiger partial charge in [-0.15, -0.1) is 0 Å². The predicted molar refractivity (Wildman–Crippen MR) is 100 cm³/mol. The third-order valence-electron chi connectivity index (χ3n) is 4.31. The highest BCUT2D eigenvalue weighted by molar-refractivity contribution is 5.90. The highest BCUT2D eigenvalue weighted by Gasteiger charge is 2.39. The van der Waals surface area contributed by atoms with Gasteiger partial charge in [-0.1, -0.05) is 20.3 Å². The zero-order chi connectivity index (χ0) is 20.9. The van der Waals surface area contributed by atoms with Crippen molar-refractivity contribution in [1.29, 1.82) is 0 Å². The fourth-order valence-corrected chi connectivity index (χ4v) is 2.78. The maximum absolute atomic E-state index is 12.8. The summed E-state index contributed by atoms with van der Waals surface area (Å²) in [5, 5.41) is 14.2. The van der Waals surface area contributed by atoms with Crippen molar-refractivity contribution in [3.05, 3.63) is 0 Å². The highest BCUT2D eigenvalue weighted by atomic mass is 16.4. The molecule has 9 heteroatoms. The molecule has 9 N–H and O–H groups in total. The van der Waals surface area contributed by atoms with Crippen LogP contribution in [0.15, 0.2) is 0 Å². The van der Waals surface area contributed by atoms with Gasteiger partial charge in [0.25, 0.3) is 0 Å². The van der Waals surface area contributed by atoms with Crippen molar-refractivity contribution in [2.24, 2.45) is 23.1 Å². The van der Waals surface area contributed by atoms with Crippen LogP contribution in [0.3, 0.4) is 0 Å². The largest absolute Gasteiger partial charge is 0.480 e. The van der Waals surface area contributed by atoms with Gasteiger partial charge in [0, 0.05) is 11.1 Å². The molecule has 0 rings (SSSR count). The fourth-order valence-electron chi connectivity index (χ4n) is 2.78. The van der Waals surface area contributed by atoms with Crippen LogP contribution in [0.25, 0.3) is 0 Å². The van der Waals surface area contributed by atoms with Gasteiger partial charge in [0.15, 0.2) is 0 Å². The second-order valence-corrected chi connectivity index (χ2v) is 8.16. The Bertz CT molecular complexity index is 496. The van der Waals surface area contributed by atoms with Crippen LogP contribution < -0.4 is 27.8 Å². The maximum atomic E-state index is 12.8. The number of carboxylic acid groups (broad SMARTS) is 1. The molecule has 0 aliphatic heterocycles. The molecule has 0 aromatic heterocycles. The Morgan fingerprint density at radius 3 is 1.85 bits per heavy atom. The molecule has 26 heavy (non-hydrogen) atoms. The first-order valence-corrected chi connectivity index (χ1v) is 8.77. The third-order valence-corrected chi connectivity index (χ3v) is 4.31. The number of rotatable bonds is 10. The van der Waals surface area contributed by atoms with Crippen LogP contribution in [0, 0.1) is 5.92 Å². The Balaban J connectivity index is 5.32. The molecule has 0 fully saturated rings. The number of hydrogen-bond acceptors (Lipinski definition) is 6. The lowest BCUT2D eigenvalue weighted by molar-refractivity contribution is -0.140. The van der Waals surface area contributed by atoms with Crippen LogP contribution in [0.2, 0.25) is 0 Å². The topological polar surface area (TPSA) is 174 Å². The molecule has 9 nitrogen and oxygen atoms in total. The zero-order valence-corrected chi connectivity index (χ0v) is 16.6. The molecular weight excluding hydrogens is 338 g/mol. The fraction of sp³-hybridized carbons (Fsp3) is 0.824. The third kappa shape index (κ3) is 7.67. The van der Waals surface area contributed by atoms with E-state index in [9.17, 15) is 14.4 Å². The molecule has 0 saturated heterocycles. The lowest BCUT2D eigenvalue weighted by Crippen LogP contribution is -2.69. The van der Waals surface area contributed by atoms with Crippen molar-refractivity contribution >= 4 is 17.8 Å². The Hall–Kier alpha value is -1.71. The molecule has 0 spiro atoms. The van der Waals surface area contributed by atoms with E-state index in [4.69, 9.17) is 22.3 Å². The number of carboxylic acids is 1. The van der Waals surface area contributed by atoms with Gasteiger partial charge in [-0.25, -0.2) is 0 Å². The van der Waals surface area contributed by atoms with Gasteiger partial charge >= 0.3 is 5.97 Å². The van der Waals surface area contributed by atoms with Crippen LogP contribution in [0.1, 0.15) is 54.4 Å². The van der Waals surface area contributed by atoms with E-state index < -0.39 is 53.4 Å². The number of nitrogens with two attached hydrogens (primary N) is 3. The summed E-state index contributed by atoms with van der Waals surface area (Å²) in [4.78, 5) is 35.7. The maximum Gasteiger partial charge on any atom is 0.321 e. The summed E-state index contributed by atoms with van der Waals surface area (Å²) < 4.78 is 0. The van der Waals surface area contributed by atoms with E-state index in [2.05, 4.69) is 10.6 Å². The molecule has 0 aromatic carbocycles. The minimum absolute atomic E-state index is 0.178. The first-order valence-electron chi connectivity index (χ1n) is 8.77. The Kier molecular flexibility index (Phi) is 8.68. The molecule has 152 valence electrons. The number of amides is 2. The van der Waals surface area contributed by atoms with E-state index in [1.807, 2.05) is 13.8 Å². The standard InChI is InChI=1S/C17H35N5O4/c1-7-9(2)12(21-11(23)8-10(18)14(25)26)13(24)22-15(16(3,4)19)17(5,6)20/h9-10,12,15H,7-8,18-20H2,1-6H3,(H,21,23)(H,22,24)(H,25,26). The summed E-state index contributed by atoms with van der Waals surface area (Å²) in [6, 6.07) is -2.72. The number of carbonyl (C=O) groups is 3. The smallest absolute Gasteiger partial charge is 0.321 e. The summed E-state index contributed by atoms with van der Waals surface area (Å²) in [6.07, 6.45) is 0.218. The van der Waals surface area contributed by atoms with Crippen LogP contribution in [-0.2, 0) is 14.4 Å². The highest BCUT2D eigenvalue weighted by Crippen LogP contribution is 2.18. The van der Waals surface area contributed by atoms with Gasteiger partial charge in [0.05, 0.1) is 12.5 Å². The minimum Gasteiger partial charge on any atom is -0.480 e. The quantitative estimate of drug-likeness (QED) is 0.293. The average molecular weight is 373 g/mol. The number of nitrogens with one attached hydrogen (secondary N) is 2. The summed E-state index contributed by atoms with van der Waals surface area (Å²) in [7, 11) is 0. The molecule has 0 heterocycles. The second kappa shape index (κ2) is 9.29. The molecule has 0 bridgehead atoms. The van der Waals surface area contributed by atoms with Gasteiger partial charge in [0.1, 0.15) is 12.1 Å². The van der Waals surface area contributed by atoms with E-state index >= 15 is 0 Å². The summed E-state index contributed by atoms with van der Waals surface area (Å²) in [5.74, 6) is -2.48. The van der Waals surface area contributed by atoms with Crippen molar-refractivity contribution < 1.29 is 19.5 Å². The Morgan fingerprint density at radius 1 is 1.04 bits per heavy atom. The van der Waals surface area contributed by atoms with E-state index in [-0.39, 0.29) is 5.92 Å². The lowest BCUT2D eigenvalue weighted by atomic mass is 9.81. The van der Waals surface area contributed by atoms with Crippen LogP contribution in [-0.4, -0.2) is 52.1 Å². The molecule has 3 atom stereocenters. The van der Waals surface area contributed by atoms with Crippen LogP contribution in [0.4, 0.5) is 0 Å². The van der Waals surface area contributed by atoms with Crippen molar-refractivity contribution in [1.82, 2.24) is 10.6 Å².